The summed E-state index contributed by atoms with van der Waals surface area (Å²) in [4.78, 5) is 2.54. The maximum atomic E-state index is 3.75. The number of nitrogens with zero attached hydrogens (tertiary/aromatic N) is 1. The maximum Gasteiger partial charge on any atom is 0.0478 e. The second-order valence-corrected chi connectivity index (χ2v) is 5.74. The Labute approximate surface area is 125 Å². The summed E-state index contributed by atoms with van der Waals surface area (Å²) in [5, 5.41) is 3.75. The zero-order chi connectivity index (χ0) is 15.0. The lowest BCUT2D eigenvalue weighted by atomic mass is 9.94. The van der Waals surface area contributed by atoms with Crippen LogP contribution in [0.15, 0.2) is 30.3 Å². The monoisotopic (exact) mass is 276 g/mol. The van der Waals surface area contributed by atoms with Gasteiger partial charge in [-0.15, -0.1) is 0 Å². The van der Waals surface area contributed by atoms with Crippen LogP contribution in [0.5, 0.6) is 0 Å². The summed E-state index contributed by atoms with van der Waals surface area (Å²) in [6, 6.07) is 12.5. The van der Waals surface area contributed by atoms with Crippen LogP contribution in [0.2, 0.25) is 0 Å². The van der Waals surface area contributed by atoms with Crippen LogP contribution in [0, 0.1) is 0 Å². The molecule has 0 aliphatic heterocycles. The lowest BCUT2D eigenvalue weighted by Gasteiger charge is -2.38. The minimum Gasteiger partial charge on any atom is -0.309 e. The van der Waals surface area contributed by atoms with E-state index in [1.54, 1.807) is 0 Å². The van der Waals surface area contributed by atoms with Crippen LogP contribution in [0.25, 0.3) is 0 Å². The number of hydrogen-bond donors (Lipinski definition) is 1. The van der Waals surface area contributed by atoms with Gasteiger partial charge in [0, 0.05) is 18.1 Å². The molecule has 0 saturated carbocycles. The average molecular weight is 276 g/mol. The Kier molecular flexibility index (Phi) is 7.86. The fraction of sp³-hybridized carbons (Fsp3) is 0.667. The lowest BCUT2D eigenvalue weighted by Crippen LogP contribution is -2.46. The highest BCUT2D eigenvalue weighted by Gasteiger charge is 2.26. The topological polar surface area (TPSA) is 15.3 Å². The SMILES string of the molecule is CCCNC(c1ccccc1)C(CC)N(C)C(C)CC. The largest absolute Gasteiger partial charge is 0.309 e. The van der Waals surface area contributed by atoms with E-state index in [1.165, 1.54) is 18.4 Å². The Morgan fingerprint density at radius 3 is 2.20 bits per heavy atom. The molecule has 0 fully saturated rings. The minimum atomic E-state index is 0.417. The van der Waals surface area contributed by atoms with Crippen molar-refractivity contribution < 1.29 is 0 Å². The molecule has 2 nitrogen and oxygen atoms in total. The number of hydrogen-bond acceptors (Lipinski definition) is 2. The molecule has 114 valence electrons. The predicted octanol–water partition coefficient (Wildman–Crippen LogP) is 4.24. The van der Waals surface area contributed by atoms with E-state index < -0.39 is 0 Å². The van der Waals surface area contributed by atoms with Gasteiger partial charge in [-0.25, -0.2) is 0 Å². The average Bonchev–Trinajstić information content (AvgIpc) is 2.50. The molecule has 0 bridgehead atoms. The Bertz CT molecular complexity index is 350. The van der Waals surface area contributed by atoms with Crippen LogP contribution < -0.4 is 5.32 Å². The number of likely N-dealkylation sites (N-methyl/N-ethyl adjacent to an activating group) is 1. The van der Waals surface area contributed by atoms with Crippen molar-refractivity contribution >= 4 is 0 Å². The van der Waals surface area contributed by atoms with E-state index in [0.29, 0.717) is 18.1 Å². The predicted molar refractivity (Wildman–Crippen MR) is 89.1 cm³/mol. The van der Waals surface area contributed by atoms with E-state index in [0.717, 1.165) is 13.0 Å². The summed E-state index contributed by atoms with van der Waals surface area (Å²) in [6.45, 7) is 10.2. The second kappa shape index (κ2) is 9.15. The Morgan fingerprint density at radius 1 is 1.05 bits per heavy atom. The first-order valence-corrected chi connectivity index (χ1v) is 8.15. The number of nitrogens with one attached hydrogen (secondary N) is 1. The molecule has 0 aromatic heterocycles. The molecule has 1 aromatic carbocycles. The van der Waals surface area contributed by atoms with Crippen molar-refractivity contribution in [2.24, 2.45) is 0 Å². The lowest BCUT2D eigenvalue weighted by molar-refractivity contribution is 0.138. The van der Waals surface area contributed by atoms with Gasteiger partial charge in [0.2, 0.25) is 0 Å². The van der Waals surface area contributed by atoms with Gasteiger partial charge in [0.1, 0.15) is 0 Å². The fourth-order valence-corrected chi connectivity index (χ4v) is 2.81. The standard InChI is InChI=1S/C18H32N2/c1-6-14-19-18(16-12-10-9-11-13-16)17(8-3)20(5)15(4)7-2/h9-13,15,17-19H,6-8,14H2,1-5H3. The smallest absolute Gasteiger partial charge is 0.0478 e. The van der Waals surface area contributed by atoms with Gasteiger partial charge in [-0.05, 0) is 45.3 Å². The van der Waals surface area contributed by atoms with Crippen molar-refractivity contribution in [1.29, 1.82) is 0 Å². The normalized spacial score (nSPS) is 16.1. The molecule has 1 rings (SSSR count). The molecule has 1 aromatic rings. The van der Waals surface area contributed by atoms with Crippen molar-refractivity contribution in [2.45, 2.75) is 65.1 Å². The molecule has 0 heterocycles. The third kappa shape index (κ3) is 4.60. The van der Waals surface area contributed by atoms with Crippen molar-refractivity contribution in [1.82, 2.24) is 10.2 Å². The van der Waals surface area contributed by atoms with Crippen molar-refractivity contribution in [2.75, 3.05) is 13.6 Å². The molecule has 20 heavy (non-hydrogen) atoms. The molecule has 3 atom stereocenters. The summed E-state index contributed by atoms with van der Waals surface area (Å²) in [6.07, 6.45) is 3.53. The van der Waals surface area contributed by atoms with Gasteiger partial charge in [0.15, 0.2) is 0 Å². The molecule has 1 N–H and O–H groups in total. The van der Waals surface area contributed by atoms with Crippen LogP contribution in [-0.4, -0.2) is 30.6 Å². The molecule has 0 aliphatic rings. The van der Waals surface area contributed by atoms with E-state index in [1.807, 2.05) is 0 Å². The van der Waals surface area contributed by atoms with Crippen LogP contribution in [0.3, 0.4) is 0 Å². The van der Waals surface area contributed by atoms with Crippen LogP contribution >= 0.6 is 0 Å². The third-order valence-corrected chi connectivity index (χ3v) is 4.39. The van der Waals surface area contributed by atoms with E-state index in [-0.39, 0.29) is 0 Å². The van der Waals surface area contributed by atoms with E-state index >= 15 is 0 Å². The molecule has 0 spiro atoms. The molecule has 0 aliphatic carbocycles. The first kappa shape index (κ1) is 17.2. The maximum absolute atomic E-state index is 3.75. The molecule has 0 saturated heterocycles. The van der Waals surface area contributed by atoms with Crippen LogP contribution in [0.4, 0.5) is 0 Å². The van der Waals surface area contributed by atoms with Gasteiger partial charge in [0.25, 0.3) is 0 Å². The van der Waals surface area contributed by atoms with Crippen LogP contribution in [-0.2, 0) is 0 Å². The van der Waals surface area contributed by atoms with E-state index in [2.05, 4.69) is 75.3 Å². The van der Waals surface area contributed by atoms with Gasteiger partial charge in [-0.3, -0.25) is 4.90 Å². The molecule has 0 radical (unpaired) electrons. The van der Waals surface area contributed by atoms with Gasteiger partial charge >= 0.3 is 0 Å². The number of benzene rings is 1. The van der Waals surface area contributed by atoms with Crippen molar-refractivity contribution in [3.63, 3.8) is 0 Å². The summed E-state index contributed by atoms with van der Waals surface area (Å²) in [7, 11) is 2.27. The Balaban J connectivity index is 2.94. The Hall–Kier alpha value is -0.860. The highest BCUT2D eigenvalue weighted by atomic mass is 15.2. The van der Waals surface area contributed by atoms with Crippen molar-refractivity contribution in [3.8, 4) is 0 Å². The van der Waals surface area contributed by atoms with E-state index in [4.69, 9.17) is 0 Å². The zero-order valence-corrected chi connectivity index (χ0v) is 13.9. The highest BCUT2D eigenvalue weighted by molar-refractivity contribution is 5.20. The van der Waals surface area contributed by atoms with Gasteiger partial charge < -0.3 is 5.32 Å². The first-order valence-electron chi connectivity index (χ1n) is 8.15. The number of rotatable bonds is 9. The summed E-state index contributed by atoms with van der Waals surface area (Å²) < 4.78 is 0. The third-order valence-electron chi connectivity index (χ3n) is 4.39. The molecule has 0 amide bonds. The quantitative estimate of drug-likeness (QED) is 0.726. The van der Waals surface area contributed by atoms with Gasteiger partial charge in [0.05, 0.1) is 0 Å². The molecule has 3 unspecified atom stereocenters. The molecular weight excluding hydrogens is 244 g/mol. The molecule has 2 heteroatoms. The van der Waals surface area contributed by atoms with Crippen LogP contribution in [0.1, 0.15) is 58.6 Å². The minimum absolute atomic E-state index is 0.417. The second-order valence-electron chi connectivity index (χ2n) is 5.74. The van der Waals surface area contributed by atoms with Crippen molar-refractivity contribution in [3.05, 3.63) is 35.9 Å². The van der Waals surface area contributed by atoms with Gasteiger partial charge in [-0.1, -0.05) is 51.1 Å². The van der Waals surface area contributed by atoms with Gasteiger partial charge in [-0.2, -0.15) is 0 Å². The Morgan fingerprint density at radius 2 is 1.70 bits per heavy atom. The van der Waals surface area contributed by atoms with E-state index in [9.17, 15) is 0 Å². The summed E-state index contributed by atoms with van der Waals surface area (Å²) in [5.41, 5.74) is 1.41. The molecular formula is C18H32N2. The zero-order valence-electron chi connectivity index (χ0n) is 13.9. The summed E-state index contributed by atoms with van der Waals surface area (Å²) in [5.74, 6) is 0. The fourth-order valence-electron chi connectivity index (χ4n) is 2.81. The first-order chi connectivity index (χ1) is 9.65. The summed E-state index contributed by atoms with van der Waals surface area (Å²) >= 11 is 0. The highest BCUT2D eigenvalue weighted by Crippen LogP contribution is 2.24.